The number of aromatic amines is 1. The molecule has 0 atom stereocenters. The summed E-state index contributed by atoms with van der Waals surface area (Å²) in [4.78, 5) is 26.5. The van der Waals surface area contributed by atoms with E-state index < -0.39 is 5.97 Å². The molecule has 7 nitrogen and oxygen atoms in total. The van der Waals surface area contributed by atoms with Gasteiger partial charge in [0, 0.05) is 11.9 Å². The summed E-state index contributed by atoms with van der Waals surface area (Å²) in [5.74, 6) is -1.47. The highest BCUT2D eigenvalue weighted by Crippen LogP contribution is 2.21. The minimum atomic E-state index is -1.09. The number of carboxylic acids is 1. The van der Waals surface area contributed by atoms with E-state index in [1.54, 1.807) is 6.92 Å². The number of aryl methyl sites for hydroxylation is 2. The molecule has 3 N–H and O–H groups in total. The lowest BCUT2D eigenvalue weighted by molar-refractivity contribution is 0.0697. The summed E-state index contributed by atoms with van der Waals surface area (Å²) in [7, 11) is 0. The molecule has 8 heteroatoms. The predicted octanol–water partition coefficient (Wildman–Crippen LogP) is 2.08. The molecular formula is C12H14N4O3S. The summed E-state index contributed by atoms with van der Waals surface area (Å²) in [5, 5.41) is 15.6. The van der Waals surface area contributed by atoms with Crippen molar-refractivity contribution in [3.05, 3.63) is 28.0 Å². The van der Waals surface area contributed by atoms with Crippen LogP contribution in [0.2, 0.25) is 0 Å². The summed E-state index contributed by atoms with van der Waals surface area (Å²) in [5.41, 5.74) is 1.44. The number of H-pyrrole nitrogens is 1. The quantitative estimate of drug-likeness (QED) is 0.782. The van der Waals surface area contributed by atoms with E-state index in [9.17, 15) is 9.59 Å². The standard InChI is InChI=1S/C12H14N4O3S/c1-3-4-7-10(20-16-15-7)11(17)14-8-5-13-6(2)9(8)12(18)19/h5,13H,3-4H2,1-2H3,(H,14,17)(H,18,19). The van der Waals surface area contributed by atoms with Crippen LogP contribution in [0, 0.1) is 6.92 Å². The van der Waals surface area contributed by atoms with Crippen LogP contribution in [0.5, 0.6) is 0 Å². The molecule has 2 aromatic heterocycles. The number of anilines is 1. The van der Waals surface area contributed by atoms with Gasteiger partial charge >= 0.3 is 5.97 Å². The molecule has 0 unspecified atom stereocenters. The number of hydrogen-bond donors (Lipinski definition) is 3. The Kier molecular flexibility index (Phi) is 4.14. The number of aromatic nitrogens is 3. The Bertz CT molecular complexity index is 647. The van der Waals surface area contributed by atoms with Crippen molar-refractivity contribution in [1.82, 2.24) is 14.6 Å². The number of hydrogen-bond acceptors (Lipinski definition) is 5. The van der Waals surface area contributed by atoms with E-state index >= 15 is 0 Å². The maximum absolute atomic E-state index is 12.2. The van der Waals surface area contributed by atoms with Crippen molar-refractivity contribution in [3.8, 4) is 0 Å². The zero-order valence-corrected chi connectivity index (χ0v) is 11.9. The maximum Gasteiger partial charge on any atom is 0.339 e. The third-order valence-electron chi connectivity index (χ3n) is 2.79. The molecule has 20 heavy (non-hydrogen) atoms. The van der Waals surface area contributed by atoms with Gasteiger partial charge in [-0.1, -0.05) is 17.8 Å². The Hall–Kier alpha value is -2.22. The molecule has 0 aromatic carbocycles. The topological polar surface area (TPSA) is 108 Å². The number of carboxylic acid groups (broad SMARTS) is 1. The second-order valence-electron chi connectivity index (χ2n) is 4.26. The van der Waals surface area contributed by atoms with Crippen molar-refractivity contribution in [1.29, 1.82) is 0 Å². The second kappa shape index (κ2) is 5.83. The lowest BCUT2D eigenvalue weighted by Gasteiger charge is -2.04. The highest BCUT2D eigenvalue weighted by molar-refractivity contribution is 7.08. The Morgan fingerprint density at radius 1 is 1.50 bits per heavy atom. The minimum absolute atomic E-state index is 0.0628. The number of rotatable bonds is 5. The maximum atomic E-state index is 12.2. The zero-order chi connectivity index (χ0) is 14.7. The van der Waals surface area contributed by atoms with E-state index in [1.165, 1.54) is 6.20 Å². The van der Waals surface area contributed by atoms with E-state index in [2.05, 4.69) is 19.9 Å². The number of amides is 1. The number of aromatic carboxylic acids is 1. The van der Waals surface area contributed by atoms with Crippen LogP contribution < -0.4 is 5.32 Å². The number of carbonyl (C=O) groups excluding carboxylic acids is 1. The molecule has 0 fully saturated rings. The molecular weight excluding hydrogens is 280 g/mol. The van der Waals surface area contributed by atoms with Crippen LogP contribution in [0.4, 0.5) is 5.69 Å². The lowest BCUT2D eigenvalue weighted by Crippen LogP contribution is -2.14. The average molecular weight is 294 g/mol. The fourth-order valence-corrected chi connectivity index (χ4v) is 2.46. The third-order valence-corrected chi connectivity index (χ3v) is 3.56. The van der Waals surface area contributed by atoms with Crippen LogP contribution in [-0.2, 0) is 6.42 Å². The SMILES string of the molecule is CCCc1nnsc1C(=O)Nc1c[nH]c(C)c1C(=O)O. The molecule has 0 saturated heterocycles. The Morgan fingerprint density at radius 2 is 2.25 bits per heavy atom. The summed E-state index contributed by atoms with van der Waals surface area (Å²) in [6.07, 6.45) is 2.98. The molecule has 0 aliphatic heterocycles. The van der Waals surface area contributed by atoms with Crippen LogP contribution in [0.1, 0.15) is 44.8 Å². The van der Waals surface area contributed by atoms with E-state index in [0.29, 0.717) is 22.7 Å². The van der Waals surface area contributed by atoms with E-state index in [1.807, 2.05) is 6.92 Å². The van der Waals surface area contributed by atoms with Gasteiger partial charge in [-0.25, -0.2) is 4.79 Å². The average Bonchev–Trinajstić information content (AvgIpc) is 2.97. The van der Waals surface area contributed by atoms with Crippen LogP contribution in [-0.4, -0.2) is 31.6 Å². The minimum Gasteiger partial charge on any atom is -0.478 e. The van der Waals surface area contributed by atoms with Crippen molar-refractivity contribution in [2.24, 2.45) is 0 Å². The van der Waals surface area contributed by atoms with Crippen molar-refractivity contribution < 1.29 is 14.7 Å². The Labute approximate surface area is 119 Å². The summed E-state index contributed by atoms with van der Waals surface area (Å²) >= 11 is 1.01. The van der Waals surface area contributed by atoms with Gasteiger partial charge in [-0.05, 0) is 24.9 Å². The third kappa shape index (κ3) is 2.69. The molecule has 106 valence electrons. The summed E-state index contributed by atoms with van der Waals surface area (Å²) in [6.45, 7) is 3.62. The molecule has 0 spiro atoms. The molecule has 2 aromatic rings. The summed E-state index contributed by atoms with van der Waals surface area (Å²) < 4.78 is 3.77. The Morgan fingerprint density at radius 3 is 2.90 bits per heavy atom. The smallest absolute Gasteiger partial charge is 0.339 e. The van der Waals surface area contributed by atoms with E-state index in [0.717, 1.165) is 18.0 Å². The first-order chi connectivity index (χ1) is 9.54. The number of nitrogens with one attached hydrogen (secondary N) is 2. The molecule has 1 amide bonds. The Balaban J connectivity index is 2.24. The van der Waals surface area contributed by atoms with Crippen molar-refractivity contribution in [2.45, 2.75) is 26.7 Å². The summed E-state index contributed by atoms with van der Waals surface area (Å²) in [6, 6.07) is 0. The second-order valence-corrected chi connectivity index (χ2v) is 5.01. The molecule has 2 rings (SSSR count). The van der Waals surface area contributed by atoms with Crippen LogP contribution >= 0.6 is 11.5 Å². The zero-order valence-electron chi connectivity index (χ0n) is 11.1. The molecule has 2 heterocycles. The number of nitrogens with zero attached hydrogens (tertiary/aromatic N) is 2. The molecule has 0 bridgehead atoms. The van der Waals surface area contributed by atoms with Gasteiger partial charge in [0.15, 0.2) is 0 Å². The van der Waals surface area contributed by atoms with Gasteiger partial charge in [-0.2, -0.15) is 0 Å². The monoisotopic (exact) mass is 294 g/mol. The van der Waals surface area contributed by atoms with Gasteiger partial charge < -0.3 is 15.4 Å². The van der Waals surface area contributed by atoms with Gasteiger partial charge in [0.2, 0.25) is 0 Å². The first-order valence-electron chi connectivity index (χ1n) is 6.08. The largest absolute Gasteiger partial charge is 0.478 e. The fraction of sp³-hybridized carbons (Fsp3) is 0.333. The molecule has 0 aliphatic carbocycles. The van der Waals surface area contributed by atoms with Gasteiger partial charge in [-0.15, -0.1) is 5.10 Å². The van der Waals surface area contributed by atoms with Crippen molar-refractivity contribution >= 4 is 29.1 Å². The van der Waals surface area contributed by atoms with Gasteiger partial charge in [0.25, 0.3) is 5.91 Å². The van der Waals surface area contributed by atoms with Crippen LogP contribution in [0.3, 0.4) is 0 Å². The van der Waals surface area contributed by atoms with Gasteiger partial charge in [0.1, 0.15) is 10.4 Å². The normalized spacial score (nSPS) is 10.5. The highest BCUT2D eigenvalue weighted by atomic mass is 32.1. The molecule has 0 saturated carbocycles. The van der Waals surface area contributed by atoms with E-state index in [4.69, 9.17) is 5.11 Å². The van der Waals surface area contributed by atoms with Crippen molar-refractivity contribution in [2.75, 3.05) is 5.32 Å². The fourth-order valence-electron chi connectivity index (χ4n) is 1.86. The van der Waals surface area contributed by atoms with Crippen LogP contribution in [0.15, 0.2) is 6.20 Å². The van der Waals surface area contributed by atoms with E-state index in [-0.39, 0.29) is 17.2 Å². The first kappa shape index (κ1) is 14.2. The predicted molar refractivity (Wildman–Crippen MR) is 74.3 cm³/mol. The lowest BCUT2D eigenvalue weighted by atomic mass is 10.2. The van der Waals surface area contributed by atoms with Gasteiger partial charge in [0.05, 0.1) is 11.4 Å². The van der Waals surface area contributed by atoms with Gasteiger partial charge in [-0.3, -0.25) is 4.79 Å². The first-order valence-corrected chi connectivity index (χ1v) is 6.85. The van der Waals surface area contributed by atoms with Crippen LogP contribution in [0.25, 0.3) is 0 Å². The molecule has 0 radical (unpaired) electrons. The molecule has 0 aliphatic rings. The highest BCUT2D eigenvalue weighted by Gasteiger charge is 2.20. The van der Waals surface area contributed by atoms with Crippen molar-refractivity contribution in [3.63, 3.8) is 0 Å². The number of carbonyl (C=O) groups is 2.